The van der Waals surface area contributed by atoms with Crippen LogP contribution in [0, 0.1) is 0 Å². The number of hydrogen-bond donors (Lipinski definition) is 5. The van der Waals surface area contributed by atoms with E-state index in [1.165, 1.54) is 0 Å². The minimum atomic E-state index is -0.267. The Hall–Kier alpha value is -4.17. The number of H-pyrrole nitrogens is 1. The summed E-state index contributed by atoms with van der Waals surface area (Å²) in [6, 6.07) is 19.2. The van der Waals surface area contributed by atoms with Crippen molar-refractivity contribution >= 4 is 34.5 Å². The van der Waals surface area contributed by atoms with Gasteiger partial charge in [-0.15, -0.1) is 0 Å². The number of aromatic nitrogens is 2. The number of aliphatic hydroxyl groups is 1. The first-order valence-corrected chi connectivity index (χ1v) is 9.65. The minimum absolute atomic E-state index is 0.121. The van der Waals surface area contributed by atoms with Gasteiger partial charge in [-0.05, 0) is 53.6 Å². The van der Waals surface area contributed by atoms with Crippen LogP contribution in [-0.2, 0) is 13.2 Å². The first kappa shape index (κ1) is 20.1. The number of benzene rings is 3. The monoisotopic (exact) mass is 415 g/mol. The highest BCUT2D eigenvalue weighted by molar-refractivity contribution is 6.06. The lowest BCUT2D eigenvalue weighted by atomic mass is 10.1. The number of nitrogens with two attached hydrogens (primary N) is 1. The molecule has 156 valence electrons. The van der Waals surface area contributed by atoms with Crippen LogP contribution in [0.2, 0.25) is 0 Å². The lowest BCUT2D eigenvalue weighted by Crippen LogP contribution is -2.23. The summed E-state index contributed by atoms with van der Waals surface area (Å²) in [6.45, 7) is 0.175. The molecule has 0 unspecified atom stereocenters. The zero-order valence-electron chi connectivity index (χ0n) is 16.6. The van der Waals surface area contributed by atoms with Crippen LogP contribution in [0.4, 0.5) is 11.6 Å². The van der Waals surface area contributed by atoms with Gasteiger partial charge in [-0.2, -0.15) is 0 Å². The maximum atomic E-state index is 12.6. The van der Waals surface area contributed by atoms with Gasteiger partial charge < -0.3 is 26.5 Å². The Kier molecular flexibility index (Phi) is 5.63. The van der Waals surface area contributed by atoms with Gasteiger partial charge in [0.2, 0.25) is 0 Å². The molecule has 8 nitrogen and oxygen atoms in total. The molecule has 4 rings (SSSR count). The van der Waals surface area contributed by atoms with Gasteiger partial charge >= 0.3 is 0 Å². The molecule has 0 saturated heterocycles. The minimum Gasteiger partial charge on any atom is -0.392 e. The van der Waals surface area contributed by atoms with Crippen molar-refractivity contribution in [2.24, 2.45) is 0 Å². The molecular formula is C23H21N5O3. The van der Waals surface area contributed by atoms with E-state index in [0.717, 1.165) is 5.56 Å². The summed E-state index contributed by atoms with van der Waals surface area (Å²) in [5.41, 5.74) is 10.1. The average Bonchev–Trinajstić information content (AvgIpc) is 3.17. The largest absolute Gasteiger partial charge is 0.392 e. The van der Waals surface area contributed by atoms with Gasteiger partial charge in [0.25, 0.3) is 11.8 Å². The molecule has 2 amide bonds. The van der Waals surface area contributed by atoms with Crippen molar-refractivity contribution in [1.29, 1.82) is 0 Å². The van der Waals surface area contributed by atoms with E-state index in [1.807, 2.05) is 12.1 Å². The zero-order valence-corrected chi connectivity index (χ0v) is 16.6. The molecule has 8 heteroatoms. The summed E-state index contributed by atoms with van der Waals surface area (Å²) < 4.78 is 0. The van der Waals surface area contributed by atoms with E-state index >= 15 is 0 Å². The highest BCUT2D eigenvalue weighted by Gasteiger charge is 2.10. The molecule has 0 radical (unpaired) electrons. The van der Waals surface area contributed by atoms with E-state index in [1.54, 1.807) is 54.6 Å². The van der Waals surface area contributed by atoms with Crippen LogP contribution in [0.1, 0.15) is 31.8 Å². The van der Waals surface area contributed by atoms with Crippen LogP contribution in [0.25, 0.3) is 11.0 Å². The predicted octanol–water partition coefficient (Wildman–Crippen LogP) is 2.82. The Morgan fingerprint density at radius 3 is 2.55 bits per heavy atom. The fraction of sp³-hybridized carbons (Fsp3) is 0.0870. The summed E-state index contributed by atoms with van der Waals surface area (Å²) in [5.74, 6) is -0.209. The van der Waals surface area contributed by atoms with Gasteiger partial charge in [-0.3, -0.25) is 9.59 Å². The first-order chi connectivity index (χ1) is 15.0. The van der Waals surface area contributed by atoms with Crippen LogP contribution < -0.4 is 16.4 Å². The second-order valence-electron chi connectivity index (χ2n) is 7.05. The predicted molar refractivity (Wildman–Crippen MR) is 118 cm³/mol. The van der Waals surface area contributed by atoms with Gasteiger partial charge in [0.15, 0.2) is 5.95 Å². The number of imidazole rings is 1. The lowest BCUT2D eigenvalue weighted by Gasteiger charge is -2.09. The van der Waals surface area contributed by atoms with Crippen molar-refractivity contribution in [3.05, 3.63) is 89.0 Å². The highest BCUT2D eigenvalue weighted by atomic mass is 16.3. The molecule has 1 heterocycles. The molecule has 0 saturated carbocycles. The third kappa shape index (κ3) is 4.71. The number of amides is 2. The molecule has 0 aliphatic carbocycles. The number of rotatable bonds is 6. The van der Waals surface area contributed by atoms with Crippen molar-refractivity contribution in [2.75, 3.05) is 11.1 Å². The topological polar surface area (TPSA) is 133 Å². The zero-order chi connectivity index (χ0) is 21.8. The standard InChI is InChI=1S/C23H21N5O3/c24-23-27-19-8-7-17(11-20(19)28-23)22(31)26-18-6-2-3-14(10-18)12-25-21(30)16-5-1-4-15(9-16)13-29/h1-11,29H,12-13H2,(H,25,30)(H,26,31)(H3,24,27,28). The van der Waals surface area contributed by atoms with E-state index in [-0.39, 0.29) is 18.4 Å². The molecule has 0 aliphatic rings. The summed E-state index contributed by atoms with van der Waals surface area (Å²) in [6.07, 6.45) is 0. The van der Waals surface area contributed by atoms with Crippen molar-refractivity contribution in [3.8, 4) is 0 Å². The Bertz CT molecular complexity index is 1270. The summed E-state index contributed by atoms with van der Waals surface area (Å²) in [4.78, 5) is 32.0. The van der Waals surface area contributed by atoms with Gasteiger partial charge in [0.05, 0.1) is 17.6 Å². The maximum absolute atomic E-state index is 12.6. The van der Waals surface area contributed by atoms with Crippen LogP contribution in [0.15, 0.2) is 66.7 Å². The number of carbonyl (C=O) groups excluding carboxylic acids is 2. The van der Waals surface area contributed by atoms with Gasteiger partial charge in [0, 0.05) is 23.4 Å². The molecule has 6 N–H and O–H groups in total. The number of nitrogens with zero attached hydrogens (tertiary/aromatic N) is 1. The Labute approximate surface area is 178 Å². The van der Waals surface area contributed by atoms with Gasteiger partial charge in [-0.25, -0.2) is 4.98 Å². The van der Waals surface area contributed by atoms with Crippen molar-refractivity contribution in [3.63, 3.8) is 0 Å². The maximum Gasteiger partial charge on any atom is 0.255 e. The normalized spacial score (nSPS) is 10.7. The van der Waals surface area contributed by atoms with Crippen molar-refractivity contribution in [2.45, 2.75) is 13.2 Å². The second-order valence-corrected chi connectivity index (χ2v) is 7.05. The molecule has 1 aromatic heterocycles. The third-order valence-electron chi connectivity index (χ3n) is 4.77. The lowest BCUT2D eigenvalue weighted by molar-refractivity contribution is 0.0949. The van der Waals surface area contributed by atoms with Crippen LogP contribution in [-0.4, -0.2) is 26.9 Å². The summed E-state index contributed by atoms with van der Waals surface area (Å²) in [7, 11) is 0. The Balaban J connectivity index is 1.41. The van der Waals surface area contributed by atoms with E-state index in [2.05, 4.69) is 20.6 Å². The Morgan fingerprint density at radius 2 is 1.71 bits per heavy atom. The summed E-state index contributed by atoms with van der Waals surface area (Å²) >= 11 is 0. The third-order valence-corrected chi connectivity index (χ3v) is 4.77. The van der Waals surface area contributed by atoms with E-state index < -0.39 is 0 Å². The van der Waals surface area contributed by atoms with E-state index in [4.69, 9.17) is 5.73 Å². The molecule has 0 aliphatic heterocycles. The fourth-order valence-electron chi connectivity index (χ4n) is 3.23. The number of anilines is 2. The van der Waals surface area contributed by atoms with Crippen LogP contribution in [0.5, 0.6) is 0 Å². The number of aromatic amines is 1. The number of carbonyl (C=O) groups is 2. The molecule has 0 fully saturated rings. The Morgan fingerprint density at radius 1 is 0.935 bits per heavy atom. The number of nitrogen functional groups attached to an aromatic ring is 1. The quantitative estimate of drug-likeness (QED) is 0.330. The number of aliphatic hydroxyl groups excluding tert-OH is 1. The van der Waals surface area contributed by atoms with Crippen molar-refractivity contribution < 1.29 is 14.7 Å². The molecule has 3 aromatic carbocycles. The van der Waals surface area contributed by atoms with E-state index in [9.17, 15) is 14.7 Å². The molecular weight excluding hydrogens is 394 g/mol. The van der Waals surface area contributed by atoms with Gasteiger partial charge in [-0.1, -0.05) is 24.3 Å². The van der Waals surface area contributed by atoms with Crippen LogP contribution in [0.3, 0.4) is 0 Å². The number of hydrogen-bond acceptors (Lipinski definition) is 5. The number of nitrogens with one attached hydrogen (secondary N) is 3. The SMILES string of the molecule is Nc1nc2ccc(C(=O)Nc3cccc(CNC(=O)c4cccc(CO)c4)c3)cc2[nH]1. The molecule has 31 heavy (non-hydrogen) atoms. The van der Waals surface area contributed by atoms with Crippen molar-refractivity contribution in [1.82, 2.24) is 15.3 Å². The fourth-order valence-corrected chi connectivity index (χ4v) is 3.23. The van der Waals surface area contributed by atoms with Crippen LogP contribution >= 0.6 is 0 Å². The average molecular weight is 415 g/mol. The van der Waals surface area contributed by atoms with Gasteiger partial charge in [0.1, 0.15) is 0 Å². The second kappa shape index (κ2) is 8.68. The molecule has 4 aromatic rings. The molecule has 0 atom stereocenters. The first-order valence-electron chi connectivity index (χ1n) is 9.65. The summed E-state index contributed by atoms with van der Waals surface area (Å²) in [5, 5.41) is 14.9. The number of fused-ring (bicyclic) bond motifs is 1. The van der Waals surface area contributed by atoms with E-state index in [0.29, 0.717) is 45.9 Å². The highest BCUT2D eigenvalue weighted by Crippen LogP contribution is 2.17. The molecule has 0 bridgehead atoms. The molecule has 0 spiro atoms. The smallest absolute Gasteiger partial charge is 0.255 e.